The molecule has 0 heterocycles. The van der Waals surface area contributed by atoms with Crippen molar-refractivity contribution in [1.82, 2.24) is 0 Å². The van der Waals surface area contributed by atoms with Gasteiger partial charge in [0.25, 0.3) is 0 Å². The summed E-state index contributed by atoms with van der Waals surface area (Å²) in [6, 6.07) is 0. The predicted octanol–water partition coefficient (Wildman–Crippen LogP) is 12.6. The number of carbonyl (C=O) groups excluding carboxylic acids is 2. The normalized spacial score (nSPS) is 13.7. The summed E-state index contributed by atoms with van der Waals surface area (Å²) in [7, 11) is 0. The van der Waals surface area contributed by atoms with Crippen molar-refractivity contribution in [3.8, 4) is 0 Å². The quantitative estimate of drug-likeness (QED) is 0.0416. The number of allylic oxidation sites excluding steroid dienone is 22. The van der Waals surface area contributed by atoms with E-state index in [4.69, 9.17) is 9.47 Å². The lowest BCUT2D eigenvalue weighted by molar-refractivity contribution is -0.161. The highest BCUT2D eigenvalue weighted by Crippen LogP contribution is 2.04. The van der Waals surface area contributed by atoms with Gasteiger partial charge in [-0.25, -0.2) is 0 Å². The first-order valence-electron chi connectivity index (χ1n) is 19.7. The maximum absolute atomic E-state index is 12.1. The third kappa shape index (κ3) is 38.8. The van der Waals surface area contributed by atoms with E-state index in [1.807, 2.05) is 24.3 Å². The number of rotatable bonds is 33. The van der Waals surface area contributed by atoms with E-state index in [1.54, 1.807) is 0 Å². The number of ether oxygens (including phenoxy) is 2. The molecular weight excluding hydrogens is 645 g/mol. The first kappa shape index (κ1) is 48.0. The fraction of sp³-hybridized carbons (Fsp3) is 0.489. The van der Waals surface area contributed by atoms with Crippen LogP contribution in [0.15, 0.2) is 134 Å². The van der Waals surface area contributed by atoms with Gasteiger partial charge in [0.15, 0.2) is 6.10 Å². The third-order valence-electron chi connectivity index (χ3n) is 7.46. The molecule has 5 nitrogen and oxygen atoms in total. The van der Waals surface area contributed by atoms with Crippen LogP contribution in [0.2, 0.25) is 0 Å². The molecule has 0 aliphatic rings. The Labute approximate surface area is 317 Å². The predicted molar refractivity (Wildman–Crippen MR) is 223 cm³/mol. The van der Waals surface area contributed by atoms with Gasteiger partial charge >= 0.3 is 11.9 Å². The van der Waals surface area contributed by atoms with Crippen molar-refractivity contribution in [2.24, 2.45) is 0 Å². The Morgan fingerprint density at radius 2 is 0.808 bits per heavy atom. The van der Waals surface area contributed by atoms with Gasteiger partial charge in [0.05, 0.1) is 6.61 Å². The average molecular weight is 715 g/mol. The molecule has 52 heavy (non-hydrogen) atoms. The molecule has 0 saturated carbocycles. The average Bonchev–Trinajstić information content (AvgIpc) is 3.15. The second-order valence-electron chi connectivity index (χ2n) is 12.3. The van der Waals surface area contributed by atoms with Gasteiger partial charge in [-0.3, -0.25) is 9.59 Å². The Balaban J connectivity index is 3.87. The molecule has 0 rings (SSSR count). The Morgan fingerprint density at radius 1 is 0.462 bits per heavy atom. The summed E-state index contributed by atoms with van der Waals surface area (Å²) in [4.78, 5) is 24.2. The molecule has 0 amide bonds. The molecule has 0 radical (unpaired) electrons. The van der Waals surface area contributed by atoms with Gasteiger partial charge in [-0.15, -0.1) is 0 Å². The Kier molecular flexibility index (Phi) is 38.3. The molecule has 0 spiro atoms. The summed E-state index contributed by atoms with van der Waals surface area (Å²) in [5, 5.41) is 9.54. The standard InChI is InChI=1S/C47H70O5/c1-3-5-7-9-11-13-15-17-19-21-23-25-27-29-31-33-35-37-39-41-46(49)51-44-45(43-48)52-47(50)42-40-38-36-34-32-30-28-26-24-22-20-18-16-14-12-10-8-6-4-2/h5,7,11-14,17-20,23-26,29-32,35-38,45,48H,3-4,6,8-10,15-16,21-22,27-28,33-34,39-44H2,1-2H3/t45-/m0/s1. The van der Waals surface area contributed by atoms with Gasteiger partial charge in [0.2, 0.25) is 0 Å². The largest absolute Gasteiger partial charge is 0.462 e. The number of aliphatic hydroxyl groups excluding tert-OH is 1. The smallest absolute Gasteiger partial charge is 0.306 e. The van der Waals surface area contributed by atoms with Crippen LogP contribution in [0, 0.1) is 0 Å². The van der Waals surface area contributed by atoms with Gasteiger partial charge < -0.3 is 14.6 Å². The van der Waals surface area contributed by atoms with Crippen LogP contribution in [0.1, 0.15) is 129 Å². The molecule has 0 aliphatic heterocycles. The highest BCUT2D eigenvalue weighted by molar-refractivity contribution is 5.70. The summed E-state index contributed by atoms with van der Waals surface area (Å²) >= 11 is 0. The van der Waals surface area contributed by atoms with Crippen molar-refractivity contribution in [3.05, 3.63) is 134 Å². The lowest BCUT2D eigenvalue weighted by Crippen LogP contribution is -2.28. The van der Waals surface area contributed by atoms with E-state index in [9.17, 15) is 14.7 Å². The van der Waals surface area contributed by atoms with Gasteiger partial charge in [0, 0.05) is 12.8 Å². The number of hydrogen-bond donors (Lipinski definition) is 1. The summed E-state index contributed by atoms with van der Waals surface area (Å²) < 4.78 is 10.5. The number of carbonyl (C=O) groups is 2. The number of unbranched alkanes of at least 4 members (excludes halogenated alkanes) is 3. The van der Waals surface area contributed by atoms with Gasteiger partial charge in [-0.1, -0.05) is 160 Å². The summed E-state index contributed by atoms with van der Waals surface area (Å²) in [6.45, 7) is 3.83. The van der Waals surface area contributed by atoms with Crippen LogP contribution in [0.25, 0.3) is 0 Å². The van der Waals surface area contributed by atoms with Crippen LogP contribution in [0.4, 0.5) is 0 Å². The first-order valence-corrected chi connectivity index (χ1v) is 19.7. The fourth-order valence-corrected chi connectivity index (χ4v) is 4.50. The number of aliphatic hydroxyl groups is 1. The molecular formula is C47H70O5. The monoisotopic (exact) mass is 715 g/mol. The van der Waals surface area contributed by atoms with Crippen LogP contribution >= 0.6 is 0 Å². The van der Waals surface area contributed by atoms with E-state index >= 15 is 0 Å². The third-order valence-corrected chi connectivity index (χ3v) is 7.46. The second-order valence-corrected chi connectivity index (χ2v) is 12.3. The Morgan fingerprint density at radius 3 is 1.17 bits per heavy atom. The molecule has 288 valence electrons. The van der Waals surface area contributed by atoms with E-state index in [1.165, 1.54) is 25.7 Å². The fourth-order valence-electron chi connectivity index (χ4n) is 4.50. The number of hydrogen-bond acceptors (Lipinski definition) is 5. The van der Waals surface area contributed by atoms with Crippen molar-refractivity contribution < 1.29 is 24.2 Å². The maximum Gasteiger partial charge on any atom is 0.306 e. The lowest BCUT2D eigenvalue weighted by Gasteiger charge is -2.15. The minimum Gasteiger partial charge on any atom is -0.462 e. The minimum absolute atomic E-state index is 0.146. The topological polar surface area (TPSA) is 72.8 Å². The molecule has 0 saturated heterocycles. The highest BCUT2D eigenvalue weighted by atomic mass is 16.6. The van der Waals surface area contributed by atoms with E-state index in [-0.39, 0.29) is 25.4 Å². The molecule has 5 heteroatoms. The van der Waals surface area contributed by atoms with E-state index in [2.05, 4.69) is 123 Å². The van der Waals surface area contributed by atoms with Crippen LogP contribution in [-0.4, -0.2) is 36.4 Å². The van der Waals surface area contributed by atoms with Crippen molar-refractivity contribution in [3.63, 3.8) is 0 Å². The zero-order valence-corrected chi connectivity index (χ0v) is 32.5. The molecule has 0 aromatic rings. The summed E-state index contributed by atoms with van der Waals surface area (Å²) in [5.74, 6) is -0.802. The molecule has 0 aromatic carbocycles. The SMILES string of the molecule is CCC=CCC=CCC=CCC=CCC=CCC=CCCC(=O)OC[C@H](CO)OC(=O)CCC=CCC=CCC=CCC=CCC=CCCCCC. The molecule has 1 atom stereocenters. The summed E-state index contributed by atoms with van der Waals surface area (Å²) in [5.41, 5.74) is 0. The van der Waals surface area contributed by atoms with Crippen LogP contribution in [0.5, 0.6) is 0 Å². The van der Waals surface area contributed by atoms with Crippen LogP contribution in [0.3, 0.4) is 0 Å². The number of esters is 2. The molecule has 0 aromatic heterocycles. The van der Waals surface area contributed by atoms with Crippen molar-refractivity contribution in [2.45, 2.75) is 136 Å². The minimum atomic E-state index is -0.852. The van der Waals surface area contributed by atoms with Gasteiger partial charge in [0.1, 0.15) is 6.61 Å². The molecule has 0 aliphatic carbocycles. The Hall–Kier alpha value is -3.96. The molecule has 1 N–H and O–H groups in total. The summed E-state index contributed by atoms with van der Waals surface area (Å²) in [6.07, 6.45) is 62.4. The Bertz CT molecular complexity index is 1170. The van der Waals surface area contributed by atoms with Crippen molar-refractivity contribution in [1.29, 1.82) is 0 Å². The second kappa shape index (κ2) is 41.5. The lowest BCUT2D eigenvalue weighted by atomic mass is 10.2. The van der Waals surface area contributed by atoms with Gasteiger partial charge in [-0.2, -0.15) is 0 Å². The molecule has 0 fully saturated rings. The zero-order valence-electron chi connectivity index (χ0n) is 32.5. The van der Waals surface area contributed by atoms with E-state index in [0.29, 0.717) is 12.8 Å². The molecule has 0 unspecified atom stereocenters. The highest BCUT2D eigenvalue weighted by Gasteiger charge is 2.15. The van der Waals surface area contributed by atoms with E-state index < -0.39 is 18.7 Å². The van der Waals surface area contributed by atoms with Crippen molar-refractivity contribution >= 4 is 11.9 Å². The molecule has 0 bridgehead atoms. The van der Waals surface area contributed by atoms with Gasteiger partial charge in [-0.05, 0) is 89.9 Å². The van der Waals surface area contributed by atoms with Crippen molar-refractivity contribution in [2.75, 3.05) is 13.2 Å². The first-order chi connectivity index (χ1) is 25.6. The maximum atomic E-state index is 12.1. The zero-order chi connectivity index (χ0) is 37.8. The van der Waals surface area contributed by atoms with Crippen LogP contribution in [-0.2, 0) is 19.1 Å². The van der Waals surface area contributed by atoms with E-state index in [0.717, 1.165) is 64.2 Å². The van der Waals surface area contributed by atoms with Crippen LogP contribution < -0.4 is 0 Å².